The van der Waals surface area contributed by atoms with E-state index >= 15 is 0 Å². The molecule has 16 heavy (non-hydrogen) atoms. The Hall–Kier alpha value is -1.06. The summed E-state index contributed by atoms with van der Waals surface area (Å²) < 4.78 is 5.39. The number of anilines is 1. The molecule has 3 N–H and O–H groups in total. The number of ether oxygens (including phenoxy) is 1. The van der Waals surface area contributed by atoms with Crippen LogP contribution in [0.5, 0.6) is 0 Å². The van der Waals surface area contributed by atoms with Crippen molar-refractivity contribution < 1.29 is 9.84 Å². The van der Waals surface area contributed by atoms with Crippen molar-refractivity contribution in [2.75, 3.05) is 18.9 Å². The van der Waals surface area contributed by atoms with Crippen LogP contribution in [0.2, 0.25) is 0 Å². The lowest BCUT2D eigenvalue weighted by molar-refractivity contribution is -0.0254. The Bertz CT molecular complexity index is 412. The molecule has 3 heteroatoms. The molecule has 1 aromatic rings. The van der Waals surface area contributed by atoms with Gasteiger partial charge >= 0.3 is 0 Å². The number of hydrogen-bond donors (Lipinski definition) is 2. The molecule has 2 unspecified atom stereocenters. The van der Waals surface area contributed by atoms with E-state index in [1.54, 1.807) is 0 Å². The molecule has 0 amide bonds. The zero-order chi connectivity index (χ0) is 11.2. The maximum absolute atomic E-state index is 10.8. The molecule has 0 aromatic heterocycles. The molecule has 2 aliphatic rings. The Morgan fingerprint density at radius 3 is 3.06 bits per heavy atom. The van der Waals surface area contributed by atoms with Crippen molar-refractivity contribution in [1.82, 2.24) is 0 Å². The second-order valence-corrected chi connectivity index (χ2v) is 4.90. The van der Waals surface area contributed by atoms with E-state index in [1.807, 2.05) is 18.2 Å². The lowest BCUT2D eigenvalue weighted by Crippen LogP contribution is -2.33. The van der Waals surface area contributed by atoms with Gasteiger partial charge in [-0.25, -0.2) is 0 Å². The summed E-state index contributed by atoms with van der Waals surface area (Å²) in [6, 6.07) is 5.85. The summed E-state index contributed by atoms with van der Waals surface area (Å²) in [5.74, 6) is 0.248. The van der Waals surface area contributed by atoms with E-state index in [1.165, 1.54) is 5.56 Å². The smallest absolute Gasteiger partial charge is 0.0953 e. The first-order chi connectivity index (χ1) is 7.70. The minimum Gasteiger partial charge on any atom is -0.399 e. The highest BCUT2D eigenvalue weighted by molar-refractivity contribution is 5.49. The van der Waals surface area contributed by atoms with E-state index in [0.717, 1.165) is 37.1 Å². The van der Waals surface area contributed by atoms with Crippen LogP contribution in [0.3, 0.4) is 0 Å². The third-order valence-corrected chi connectivity index (χ3v) is 3.98. The van der Waals surface area contributed by atoms with Gasteiger partial charge in [-0.05, 0) is 42.5 Å². The minimum absolute atomic E-state index is 0.248. The predicted octanol–water partition coefficient (Wildman–Crippen LogP) is 1.44. The number of aryl methyl sites for hydroxylation is 1. The summed E-state index contributed by atoms with van der Waals surface area (Å²) in [5, 5.41) is 10.8. The average molecular weight is 219 g/mol. The van der Waals surface area contributed by atoms with Gasteiger partial charge in [0.2, 0.25) is 0 Å². The van der Waals surface area contributed by atoms with Gasteiger partial charge in [-0.3, -0.25) is 0 Å². The number of benzene rings is 1. The van der Waals surface area contributed by atoms with E-state index in [0.29, 0.717) is 6.61 Å². The van der Waals surface area contributed by atoms with Gasteiger partial charge in [0.25, 0.3) is 0 Å². The van der Waals surface area contributed by atoms with E-state index in [2.05, 4.69) is 0 Å². The lowest BCUT2D eigenvalue weighted by Gasteiger charge is -2.29. The number of nitrogen functional groups attached to an aromatic ring is 1. The standard InChI is InChI=1S/C13H17NO2/c14-11-1-2-12-9(7-11)3-5-13(12,15)10-4-6-16-8-10/h1-2,7,10,15H,3-6,8,14H2. The lowest BCUT2D eigenvalue weighted by atomic mass is 9.82. The summed E-state index contributed by atoms with van der Waals surface area (Å²) in [6.07, 6.45) is 2.69. The molecule has 0 radical (unpaired) electrons. The third kappa shape index (κ3) is 1.35. The second kappa shape index (κ2) is 3.47. The fourth-order valence-corrected chi connectivity index (χ4v) is 3.04. The Labute approximate surface area is 95.2 Å². The van der Waals surface area contributed by atoms with Crippen molar-refractivity contribution in [1.29, 1.82) is 0 Å². The van der Waals surface area contributed by atoms with Gasteiger partial charge < -0.3 is 15.6 Å². The van der Waals surface area contributed by atoms with Crippen LogP contribution in [0.4, 0.5) is 5.69 Å². The van der Waals surface area contributed by atoms with Crippen LogP contribution in [0.15, 0.2) is 18.2 Å². The van der Waals surface area contributed by atoms with E-state index in [9.17, 15) is 5.11 Å². The number of aliphatic hydroxyl groups is 1. The maximum Gasteiger partial charge on any atom is 0.0953 e. The third-order valence-electron chi connectivity index (χ3n) is 3.98. The molecular weight excluding hydrogens is 202 g/mol. The van der Waals surface area contributed by atoms with Crippen LogP contribution in [0, 0.1) is 5.92 Å². The summed E-state index contributed by atoms with van der Waals surface area (Å²) in [7, 11) is 0. The molecule has 1 saturated heterocycles. The van der Waals surface area contributed by atoms with Gasteiger partial charge in [0, 0.05) is 18.2 Å². The highest BCUT2D eigenvalue weighted by Crippen LogP contribution is 2.45. The van der Waals surface area contributed by atoms with E-state index in [4.69, 9.17) is 10.5 Å². The largest absolute Gasteiger partial charge is 0.399 e. The van der Waals surface area contributed by atoms with Crippen LogP contribution in [0.25, 0.3) is 0 Å². The first-order valence-electron chi connectivity index (χ1n) is 5.89. The van der Waals surface area contributed by atoms with Crippen LogP contribution in [-0.4, -0.2) is 18.3 Å². The number of nitrogens with two attached hydrogens (primary N) is 1. The van der Waals surface area contributed by atoms with Crippen molar-refractivity contribution in [2.45, 2.75) is 24.9 Å². The zero-order valence-corrected chi connectivity index (χ0v) is 9.28. The summed E-state index contributed by atoms with van der Waals surface area (Å²) in [4.78, 5) is 0. The van der Waals surface area contributed by atoms with Gasteiger partial charge in [0.15, 0.2) is 0 Å². The van der Waals surface area contributed by atoms with Gasteiger partial charge in [0.1, 0.15) is 0 Å². The normalized spacial score (nSPS) is 32.9. The Morgan fingerprint density at radius 1 is 1.44 bits per heavy atom. The van der Waals surface area contributed by atoms with Crippen molar-refractivity contribution >= 4 is 5.69 Å². The summed E-state index contributed by atoms with van der Waals surface area (Å²) >= 11 is 0. The number of rotatable bonds is 1. The van der Waals surface area contributed by atoms with Gasteiger partial charge in [-0.1, -0.05) is 6.07 Å². The predicted molar refractivity (Wildman–Crippen MR) is 62.0 cm³/mol. The monoisotopic (exact) mass is 219 g/mol. The van der Waals surface area contributed by atoms with Gasteiger partial charge in [-0.2, -0.15) is 0 Å². The topological polar surface area (TPSA) is 55.5 Å². The average Bonchev–Trinajstić information content (AvgIpc) is 2.87. The molecule has 1 aromatic carbocycles. The highest BCUT2D eigenvalue weighted by Gasteiger charge is 2.44. The molecule has 86 valence electrons. The Kier molecular flexibility index (Phi) is 2.19. The van der Waals surface area contributed by atoms with E-state index < -0.39 is 5.60 Å². The van der Waals surface area contributed by atoms with Crippen LogP contribution < -0.4 is 5.73 Å². The summed E-state index contributed by atoms with van der Waals surface area (Å²) in [5.41, 5.74) is 8.14. The Balaban J connectivity index is 2.00. The number of hydrogen-bond acceptors (Lipinski definition) is 3. The van der Waals surface area contributed by atoms with Gasteiger partial charge in [-0.15, -0.1) is 0 Å². The van der Waals surface area contributed by atoms with Crippen LogP contribution in [0.1, 0.15) is 24.0 Å². The molecule has 3 nitrogen and oxygen atoms in total. The van der Waals surface area contributed by atoms with Crippen molar-refractivity contribution in [2.24, 2.45) is 5.92 Å². The quantitative estimate of drug-likeness (QED) is 0.703. The second-order valence-electron chi connectivity index (χ2n) is 4.90. The van der Waals surface area contributed by atoms with Crippen molar-refractivity contribution in [3.8, 4) is 0 Å². The first-order valence-corrected chi connectivity index (χ1v) is 5.89. The highest BCUT2D eigenvalue weighted by atomic mass is 16.5. The summed E-state index contributed by atoms with van der Waals surface area (Å²) in [6.45, 7) is 1.46. The molecule has 0 bridgehead atoms. The first kappa shape index (κ1) is 10.1. The fraction of sp³-hybridized carbons (Fsp3) is 0.538. The molecule has 1 fully saturated rings. The number of fused-ring (bicyclic) bond motifs is 1. The van der Waals surface area contributed by atoms with Crippen molar-refractivity contribution in [3.05, 3.63) is 29.3 Å². The van der Waals surface area contributed by atoms with E-state index in [-0.39, 0.29) is 5.92 Å². The molecule has 1 aliphatic carbocycles. The maximum atomic E-state index is 10.8. The molecule has 1 heterocycles. The molecule has 3 rings (SSSR count). The molecule has 1 aliphatic heterocycles. The van der Waals surface area contributed by atoms with Crippen LogP contribution in [-0.2, 0) is 16.8 Å². The molecule has 0 spiro atoms. The molecule has 2 atom stereocenters. The molecule has 0 saturated carbocycles. The zero-order valence-electron chi connectivity index (χ0n) is 9.28. The van der Waals surface area contributed by atoms with Crippen molar-refractivity contribution in [3.63, 3.8) is 0 Å². The molecular formula is C13H17NO2. The van der Waals surface area contributed by atoms with Crippen LogP contribution >= 0.6 is 0 Å². The van der Waals surface area contributed by atoms with Gasteiger partial charge in [0.05, 0.1) is 12.2 Å². The fourth-order valence-electron chi connectivity index (χ4n) is 3.04. The Morgan fingerprint density at radius 2 is 2.31 bits per heavy atom. The minimum atomic E-state index is -0.681. The SMILES string of the molecule is Nc1ccc2c(c1)CCC2(O)C1CCOC1.